The molecule has 0 saturated heterocycles. The van der Waals surface area contributed by atoms with Gasteiger partial charge in [0.1, 0.15) is 5.82 Å². The third-order valence-electron chi connectivity index (χ3n) is 3.16. The molecule has 3 rings (SSSR count). The van der Waals surface area contributed by atoms with Crippen LogP contribution in [0.25, 0.3) is 22.4 Å². The van der Waals surface area contributed by atoms with Gasteiger partial charge >= 0.3 is 0 Å². The zero-order chi connectivity index (χ0) is 15.0. The molecule has 0 amide bonds. The van der Waals surface area contributed by atoms with Gasteiger partial charge < -0.3 is 5.73 Å². The zero-order valence-corrected chi connectivity index (χ0v) is 13.0. The summed E-state index contributed by atoms with van der Waals surface area (Å²) >= 11 is 9.68. The van der Waals surface area contributed by atoms with Crippen molar-refractivity contribution in [3.05, 3.63) is 57.8 Å². The maximum Gasteiger partial charge on any atom is 0.153 e. The third kappa shape index (κ3) is 2.43. The van der Waals surface area contributed by atoms with Crippen molar-refractivity contribution in [2.24, 2.45) is 0 Å². The number of nitrogens with two attached hydrogens (primary N) is 1. The second kappa shape index (κ2) is 5.50. The zero-order valence-electron chi connectivity index (χ0n) is 10.7. The number of H-pyrrole nitrogens is 1. The number of hydrogen-bond donors (Lipinski definition) is 2. The average Bonchev–Trinajstić information content (AvgIpc) is 2.84. The molecule has 2 aromatic carbocycles. The number of hydrogen-bond acceptors (Lipinski definition) is 2. The fourth-order valence-electron chi connectivity index (χ4n) is 2.18. The summed E-state index contributed by atoms with van der Waals surface area (Å²) < 4.78 is 14.8. The first-order valence-corrected chi connectivity index (χ1v) is 7.30. The van der Waals surface area contributed by atoms with Crippen LogP contribution in [0.2, 0.25) is 5.02 Å². The van der Waals surface area contributed by atoms with Crippen molar-refractivity contribution < 1.29 is 4.39 Å². The minimum Gasteiger partial charge on any atom is -0.382 e. The summed E-state index contributed by atoms with van der Waals surface area (Å²) in [6.07, 6.45) is 0. The van der Waals surface area contributed by atoms with Crippen molar-refractivity contribution in [1.29, 1.82) is 0 Å². The highest BCUT2D eigenvalue weighted by Gasteiger charge is 2.19. The van der Waals surface area contributed by atoms with Crippen LogP contribution in [0.15, 0.2) is 46.9 Å². The maximum atomic E-state index is 14.1. The minimum absolute atomic E-state index is 0.228. The molecule has 1 heterocycles. The topological polar surface area (TPSA) is 54.7 Å². The molecule has 6 heteroatoms. The van der Waals surface area contributed by atoms with Crippen LogP contribution in [0, 0.1) is 5.82 Å². The van der Waals surface area contributed by atoms with Gasteiger partial charge in [-0.05, 0) is 28.1 Å². The van der Waals surface area contributed by atoms with Crippen LogP contribution in [0.1, 0.15) is 0 Å². The lowest BCUT2D eigenvalue weighted by molar-refractivity contribution is 0.631. The molecule has 0 saturated carbocycles. The smallest absolute Gasteiger partial charge is 0.153 e. The Morgan fingerprint density at radius 3 is 2.57 bits per heavy atom. The van der Waals surface area contributed by atoms with Crippen LogP contribution in [0.3, 0.4) is 0 Å². The number of nitrogen functional groups attached to an aromatic ring is 1. The van der Waals surface area contributed by atoms with E-state index in [4.69, 9.17) is 17.3 Å². The van der Waals surface area contributed by atoms with Gasteiger partial charge in [-0.3, -0.25) is 5.10 Å². The summed E-state index contributed by atoms with van der Waals surface area (Å²) in [4.78, 5) is 0. The Labute approximate surface area is 134 Å². The molecule has 3 aromatic rings. The first kappa shape index (κ1) is 14.1. The summed E-state index contributed by atoms with van der Waals surface area (Å²) in [6, 6.07) is 11.9. The predicted octanol–water partition coefficient (Wildman–Crippen LogP) is 4.88. The number of aromatic nitrogens is 2. The van der Waals surface area contributed by atoms with Crippen molar-refractivity contribution in [2.45, 2.75) is 0 Å². The number of rotatable bonds is 2. The van der Waals surface area contributed by atoms with Crippen LogP contribution in [0.5, 0.6) is 0 Å². The van der Waals surface area contributed by atoms with Gasteiger partial charge in [-0.1, -0.05) is 41.9 Å². The van der Waals surface area contributed by atoms with E-state index in [9.17, 15) is 4.39 Å². The SMILES string of the molecule is Nc1n[nH]c(-c2cccc(Br)c2Cl)c1-c1ccccc1F. The van der Waals surface area contributed by atoms with E-state index in [1.54, 1.807) is 18.2 Å². The molecular formula is C15H10BrClFN3. The molecule has 0 bridgehead atoms. The van der Waals surface area contributed by atoms with Crippen molar-refractivity contribution in [3.63, 3.8) is 0 Å². The molecule has 0 unspecified atom stereocenters. The predicted molar refractivity (Wildman–Crippen MR) is 86.5 cm³/mol. The van der Waals surface area contributed by atoms with Crippen molar-refractivity contribution >= 4 is 33.3 Å². The molecule has 0 fully saturated rings. The lowest BCUT2D eigenvalue weighted by Crippen LogP contribution is -1.91. The van der Waals surface area contributed by atoms with Gasteiger partial charge in [-0.15, -0.1) is 0 Å². The Balaban J connectivity index is 2.28. The minimum atomic E-state index is -0.363. The highest BCUT2D eigenvalue weighted by atomic mass is 79.9. The van der Waals surface area contributed by atoms with E-state index in [1.165, 1.54) is 6.07 Å². The Morgan fingerprint density at radius 2 is 1.81 bits per heavy atom. The Hall–Kier alpha value is -1.85. The Morgan fingerprint density at radius 1 is 1.10 bits per heavy atom. The summed E-state index contributed by atoms with van der Waals surface area (Å²) in [5.74, 6) is -0.135. The van der Waals surface area contributed by atoms with Gasteiger partial charge in [0.2, 0.25) is 0 Å². The number of nitrogens with one attached hydrogen (secondary N) is 1. The van der Waals surface area contributed by atoms with E-state index < -0.39 is 0 Å². The summed E-state index contributed by atoms with van der Waals surface area (Å²) in [7, 11) is 0. The fourth-order valence-corrected chi connectivity index (χ4v) is 2.77. The molecule has 3 nitrogen and oxygen atoms in total. The monoisotopic (exact) mass is 365 g/mol. The van der Waals surface area contributed by atoms with Crippen molar-refractivity contribution in [1.82, 2.24) is 10.2 Å². The van der Waals surface area contributed by atoms with Crippen LogP contribution < -0.4 is 5.73 Å². The number of nitrogens with zero attached hydrogens (tertiary/aromatic N) is 1. The van der Waals surface area contributed by atoms with Crippen LogP contribution in [-0.2, 0) is 0 Å². The van der Waals surface area contributed by atoms with Crippen LogP contribution in [-0.4, -0.2) is 10.2 Å². The number of halogens is 3. The van der Waals surface area contributed by atoms with Gasteiger partial charge in [0.05, 0.1) is 16.3 Å². The van der Waals surface area contributed by atoms with Gasteiger partial charge in [0.15, 0.2) is 5.82 Å². The second-order valence-electron chi connectivity index (χ2n) is 4.44. The lowest BCUT2D eigenvalue weighted by atomic mass is 10.0. The van der Waals surface area contributed by atoms with Crippen molar-refractivity contribution in [3.8, 4) is 22.4 Å². The Kier molecular flexibility index (Phi) is 3.69. The highest BCUT2D eigenvalue weighted by molar-refractivity contribution is 9.10. The van der Waals surface area contributed by atoms with Gasteiger partial charge in [0.25, 0.3) is 0 Å². The lowest BCUT2D eigenvalue weighted by Gasteiger charge is -2.08. The molecule has 0 atom stereocenters. The maximum absolute atomic E-state index is 14.1. The molecule has 0 aliphatic carbocycles. The second-order valence-corrected chi connectivity index (χ2v) is 5.67. The van der Waals surface area contributed by atoms with E-state index in [0.29, 0.717) is 27.4 Å². The van der Waals surface area contributed by atoms with E-state index in [1.807, 2.05) is 18.2 Å². The molecule has 106 valence electrons. The largest absolute Gasteiger partial charge is 0.382 e. The quantitative estimate of drug-likeness (QED) is 0.679. The normalized spacial score (nSPS) is 10.8. The van der Waals surface area contributed by atoms with Crippen LogP contribution in [0.4, 0.5) is 10.2 Å². The van der Waals surface area contributed by atoms with Gasteiger partial charge in [-0.25, -0.2) is 4.39 Å². The Bertz CT molecular complexity index is 816. The molecule has 0 radical (unpaired) electrons. The molecule has 21 heavy (non-hydrogen) atoms. The molecule has 0 aliphatic heterocycles. The summed E-state index contributed by atoms with van der Waals surface area (Å²) in [5, 5.41) is 7.34. The summed E-state index contributed by atoms with van der Waals surface area (Å²) in [6.45, 7) is 0. The number of anilines is 1. The van der Waals surface area contributed by atoms with E-state index in [2.05, 4.69) is 26.1 Å². The first-order chi connectivity index (χ1) is 10.1. The molecule has 0 spiro atoms. The first-order valence-electron chi connectivity index (χ1n) is 6.12. The van der Waals surface area contributed by atoms with E-state index in [0.717, 1.165) is 4.47 Å². The van der Waals surface area contributed by atoms with E-state index in [-0.39, 0.29) is 11.6 Å². The van der Waals surface area contributed by atoms with Crippen molar-refractivity contribution in [2.75, 3.05) is 5.73 Å². The molecule has 0 aliphatic rings. The highest BCUT2D eigenvalue weighted by Crippen LogP contribution is 2.40. The number of benzene rings is 2. The number of aromatic amines is 1. The third-order valence-corrected chi connectivity index (χ3v) is 4.45. The summed E-state index contributed by atoms with van der Waals surface area (Å²) in [5.41, 5.74) is 8.08. The average molecular weight is 367 g/mol. The van der Waals surface area contributed by atoms with Gasteiger partial charge in [0, 0.05) is 15.6 Å². The van der Waals surface area contributed by atoms with Gasteiger partial charge in [-0.2, -0.15) is 5.10 Å². The van der Waals surface area contributed by atoms with Crippen LogP contribution >= 0.6 is 27.5 Å². The molecule has 1 aromatic heterocycles. The van der Waals surface area contributed by atoms with E-state index >= 15 is 0 Å². The molecule has 3 N–H and O–H groups in total. The molecular weight excluding hydrogens is 357 g/mol. The standard InChI is InChI=1S/C15H10BrClFN3/c16-10-6-3-5-9(13(10)17)14-12(15(19)21-20-14)8-4-1-2-7-11(8)18/h1-7H,(H3,19,20,21). The fraction of sp³-hybridized carbons (Fsp3) is 0.